The van der Waals surface area contributed by atoms with Gasteiger partial charge in [0.15, 0.2) is 0 Å². The Morgan fingerprint density at radius 2 is 0.846 bits per heavy atom. The molecule has 1 aliphatic carbocycles. The van der Waals surface area contributed by atoms with Gasteiger partial charge in [-0.3, -0.25) is 0 Å². The molecule has 3 radical (unpaired) electrons. The molecule has 83 valence electrons. The van der Waals surface area contributed by atoms with Crippen molar-refractivity contribution in [2.24, 2.45) is 5.92 Å². The van der Waals surface area contributed by atoms with Crippen molar-refractivity contribution in [3.63, 3.8) is 0 Å². The van der Waals surface area contributed by atoms with E-state index in [9.17, 15) is 0 Å². The SMILES string of the molecule is C.C1CCCC1.CC.CC(C)C.[2HH].[B]. The summed E-state index contributed by atoms with van der Waals surface area (Å²) in [6.45, 7) is 10.5. The summed E-state index contributed by atoms with van der Waals surface area (Å²) < 4.78 is 0. The molecule has 0 bridgehead atoms. The maximum atomic E-state index is 2.17. The molecule has 1 fully saturated rings. The van der Waals surface area contributed by atoms with Crippen molar-refractivity contribution in [1.29, 1.82) is 0 Å². The molecule has 0 aromatic carbocycles. The predicted molar refractivity (Wildman–Crippen MR) is 69.5 cm³/mol. The third-order valence-corrected chi connectivity index (χ3v) is 1.25. The van der Waals surface area contributed by atoms with E-state index in [1.165, 1.54) is 32.1 Å². The fraction of sp³-hybridized carbons (Fsp3) is 1.00. The fourth-order valence-electron chi connectivity index (χ4n) is 0.884. The molecular formula is C12H32B. The van der Waals surface area contributed by atoms with Gasteiger partial charge in [-0.1, -0.05) is 74.1 Å². The molecule has 1 aliphatic rings. The van der Waals surface area contributed by atoms with Crippen molar-refractivity contribution in [2.75, 3.05) is 0 Å². The van der Waals surface area contributed by atoms with E-state index < -0.39 is 0 Å². The molecule has 13 heavy (non-hydrogen) atoms. The van der Waals surface area contributed by atoms with Gasteiger partial charge in [0.2, 0.25) is 0 Å². The van der Waals surface area contributed by atoms with Gasteiger partial charge in [-0.25, -0.2) is 0 Å². The number of hydrogen-bond donors (Lipinski definition) is 0. The Kier molecular flexibility index (Phi) is 40.4. The fourth-order valence-corrected chi connectivity index (χ4v) is 0.884. The second-order valence-corrected chi connectivity index (χ2v) is 3.50. The van der Waals surface area contributed by atoms with Crippen LogP contribution in [0.25, 0.3) is 0 Å². The van der Waals surface area contributed by atoms with E-state index >= 15 is 0 Å². The lowest BCUT2D eigenvalue weighted by molar-refractivity contribution is 0.737. The first-order valence-electron chi connectivity index (χ1n) is 5.23. The highest BCUT2D eigenvalue weighted by molar-refractivity contribution is 5.75. The smallest absolute Gasteiger partial charge is 0 e. The lowest BCUT2D eigenvalue weighted by Gasteiger charge is -1.79. The molecule has 0 heterocycles. The molecule has 1 saturated carbocycles. The third kappa shape index (κ3) is 47.6. The zero-order chi connectivity index (χ0) is 9.11. The zero-order valence-corrected chi connectivity index (χ0v) is 9.69. The molecule has 0 aliphatic heterocycles. The Balaban J connectivity index is -0.0000000282. The van der Waals surface area contributed by atoms with E-state index in [4.69, 9.17) is 0 Å². The average molecular weight is 188 g/mol. The van der Waals surface area contributed by atoms with Crippen LogP contribution in [0.15, 0.2) is 0 Å². The summed E-state index contributed by atoms with van der Waals surface area (Å²) in [5.74, 6) is 0.833. The van der Waals surface area contributed by atoms with Gasteiger partial charge >= 0.3 is 0 Å². The van der Waals surface area contributed by atoms with Crippen LogP contribution in [0.2, 0.25) is 0 Å². The normalized spacial score (nSPS) is 12.5. The molecule has 0 spiro atoms. The van der Waals surface area contributed by atoms with Gasteiger partial charge in [-0.05, 0) is 5.92 Å². The van der Waals surface area contributed by atoms with Crippen LogP contribution in [0, 0.1) is 5.92 Å². The highest BCUT2D eigenvalue weighted by atomic mass is 14.0. The van der Waals surface area contributed by atoms with Crippen molar-refractivity contribution in [3.05, 3.63) is 0 Å². The largest absolute Gasteiger partial charge is 0.0776 e. The molecule has 0 aromatic heterocycles. The van der Waals surface area contributed by atoms with Crippen LogP contribution in [0.4, 0.5) is 0 Å². The van der Waals surface area contributed by atoms with E-state index in [1.807, 2.05) is 13.8 Å². The Morgan fingerprint density at radius 3 is 0.923 bits per heavy atom. The van der Waals surface area contributed by atoms with E-state index in [0.717, 1.165) is 5.92 Å². The molecular weight excluding hydrogens is 155 g/mol. The Bertz CT molecular complexity index is 41.9. The maximum Gasteiger partial charge on any atom is 0 e. The Labute approximate surface area is 90.6 Å². The highest BCUT2D eigenvalue weighted by Gasteiger charge is 1.95. The minimum atomic E-state index is 0. The Hall–Kier alpha value is 0.0649. The molecule has 0 amide bonds. The summed E-state index contributed by atoms with van der Waals surface area (Å²) >= 11 is 0. The molecule has 0 aromatic rings. The summed E-state index contributed by atoms with van der Waals surface area (Å²) in [5.41, 5.74) is 0. The Morgan fingerprint density at radius 1 is 0.769 bits per heavy atom. The van der Waals surface area contributed by atoms with Crippen molar-refractivity contribution in [3.8, 4) is 0 Å². The first-order chi connectivity index (χ1) is 5.23. The quantitative estimate of drug-likeness (QED) is 0.461. The van der Waals surface area contributed by atoms with Crippen LogP contribution in [-0.2, 0) is 0 Å². The number of rotatable bonds is 0. The topological polar surface area (TPSA) is 0 Å². The monoisotopic (exact) mass is 188 g/mol. The lowest BCUT2D eigenvalue weighted by Crippen LogP contribution is -1.66. The summed E-state index contributed by atoms with van der Waals surface area (Å²) in [6.07, 6.45) is 7.50. The van der Waals surface area contributed by atoms with Crippen LogP contribution >= 0.6 is 0 Å². The molecule has 0 saturated heterocycles. The molecule has 0 nitrogen and oxygen atoms in total. The van der Waals surface area contributed by atoms with Crippen molar-refractivity contribution in [2.45, 2.75) is 74.1 Å². The first-order valence-corrected chi connectivity index (χ1v) is 5.23. The van der Waals surface area contributed by atoms with Crippen LogP contribution in [0.3, 0.4) is 0 Å². The minimum Gasteiger partial charge on any atom is -0.0776 e. The van der Waals surface area contributed by atoms with Gasteiger partial charge < -0.3 is 0 Å². The van der Waals surface area contributed by atoms with Crippen LogP contribution in [0.5, 0.6) is 0 Å². The maximum absolute atomic E-state index is 2.17. The second kappa shape index (κ2) is 22.7. The molecule has 0 atom stereocenters. The number of hydrogen-bond acceptors (Lipinski definition) is 0. The van der Waals surface area contributed by atoms with Crippen LogP contribution in [0.1, 0.15) is 75.6 Å². The van der Waals surface area contributed by atoms with Gasteiger partial charge in [0.05, 0.1) is 0 Å². The van der Waals surface area contributed by atoms with Gasteiger partial charge in [-0.2, -0.15) is 0 Å². The van der Waals surface area contributed by atoms with E-state index in [-0.39, 0.29) is 17.3 Å². The van der Waals surface area contributed by atoms with E-state index in [2.05, 4.69) is 20.8 Å². The predicted octanol–water partition coefficient (Wildman–Crippen LogP) is 5.14. The van der Waals surface area contributed by atoms with Gasteiger partial charge in [-0.15, -0.1) is 0 Å². The van der Waals surface area contributed by atoms with Crippen molar-refractivity contribution >= 4 is 8.41 Å². The van der Waals surface area contributed by atoms with Crippen molar-refractivity contribution in [1.82, 2.24) is 0 Å². The summed E-state index contributed by atoms with van der Waals surface area (Å²) in [4.78, 5) is 0. The standard InChI is InChI=1S/C5H10.C4H10.C2H6.CH4.B.H2/c1-2-4-5-3-1;1-4(2)3;1-2;;;/h1-5H2;4H,1-3H3;1-2H3;1H4;;1H/i;;;;;1+1. The van der Waals surface area contributed by atoms with Gasteiger partial charge in [0.25, 0.3) is 0 Å². The molecule has 0 N–H and O–H groups in total. The van der Waals surface area contributed by atoms with E-state index in [1.54, 1.807) is 0 Å². The summed E-state index contributed by atoms with van der Waals surface area (Å²) in [7, 11) is 0. The van der Waals surface area contributed by atoms with E-state index in [0.29, 0.717) is 0 Å². The zero-order valence-electron chi connectivity index (χ0n) is 9.69. The molecule has 0 unspecified atom stereocenters. The van der Waals surface area contributed by atoms with Crippen LogP contribution in [-0.4, -0.2) is 8.41 Å². The lowest BCUT2D eigenvalue weighted by atomic mass is 10.3. The van der Waals surface area contributed by atoms with Crippen molar-refractivity contribution < 1.29 is 1.43 Å². The van der Waals surface area contributed by atoms with Crippen LogP contribution < -0.4 is 0 Å². The van der Waals surface area contributed by atoms with Gasteiger partial charge in [0, 0.05) is 9.84 Å². The van der Waals surface area contributed by atoms with Gasteiger partial charge in [0.1, 0.15) is 0 Å². The minimum absolute atomic E-state index is 0. The highest BCUT2D eigenvalue weighted by Crippen LogP contribution is 2.15. The summed E-state index contributed by atoms with van der Waals surface area (Å²) in [5, 5.41) is 0. The average Bonchev–Trinajstić information content (AvgIpc) is 2.44. The molecule has 1 rings (SSSR count). The third-order valence-electron chi connectivity index (χ3n) is 1.25. The summed E-state index contributed by atoms with van der Waals surface area (Å²) in [6, 6.07) is 0. The second-order valence-electron chi connectivity index (χ2n) is 3.50. The molecule has 1 heteroatoms. The first kappa shape index (κ1) is 23.1.